The van der Waals surface area contributed by atoms with Gasteiger partial charge in [-0.15, -0.1) is 0 Å². The number of halogens is 2. The van der Waals surface area contributed by atoms with Crippen LogP contribution in [0, 0.1) is 5.92 Å². The lowest BCUT2D eigenvalue weighted by molar-refractivity contribution is 0.572. The van der Waals surface area contributed by atoms with Crippen molar-refractivity contribution in [2.45, 2.75) is 32.2 Å². The summed E-state index contributed by atoms with van der Waals surface area (Å²) < 4.78 is 0. The van der Waals surface area contributed by atoms with Crippen LogP contribution >= 0.6 is 35.4 Å². The molecule has 2 nitrogen and oxygen atoms in total. The first-order valence-electron chi connectivity index (χ1n) is 6.08. The van der Waals surface area contributed by atoms with Crippen molar-refractivity contribution in [1.29, 1.82) is 0 Å². The fourth-order valence-corrected chi connectivity index (χ4v) is 3.05. The minimum absolute atomic E-state index is 0.460. The summed E-state index contributed by atoms with van der Waals surface area (Å²) in [7, 11) is 0. The third-order valence-electron chi connectivity index (χ3n) is 3.23. The van der Waals surface area contributed by atoms with E-state index in [-0.39, 0.29) is 0 Å². The van der Waals surface area contributed by atoms with E-state index in [1.54, 1.807) is 12.1 Å². The van der Waals surface area contributed by atoms with Crippen LogP contribution in [0.25, 0.3) is 0 Å². The summed E-state index contributed by atoms with van der Waals surface area (Å²) in [5.74, 6) is 0.772. The number of hydrogen-bond donors (Lipinski definition) is 2. The molecule has 1 fully saturated rings. The average Bonchev–Trinajstić information content (AvgIpc) is 2.69. The van der Waals surface area contributed by atoms with Crippen molar-refractivity contribution in [3.63, 3.8) is 0 Å². The van der Waals surface area contributed by atoms with Crippen LogP contribution < -0.4 is 10.6 Å². The molecule has 1 aliphatic carbocycles. The molecular weight excluding hydrogens is 287 g/mol. The molecule has 18 heavy (non-hydrogen) atoms. The molecule has 2 unspecified atom stereocenters. The summed E-state index contributed by atoms with van der Waals surface area (Å²) >= 11 is 17.4. The van der Waals surface area contributed by atoms with Gasteiger partial charge in [0.25, 0.3) is 0 Å². The number of benzene rings is 1. The van der Waals surface area contributed by atoms with Crippen molar-refractivity contribution in [3.8, 4) is 0 Å². The predicted octanol–water partition coefficient (Wildman–Crippen LogP) is 4.47. The Hall–Kier alpha value is -0.510. The molecule has 0 bridgehead atoms. The molecule has 0 spiro atoms. The topological polar surface area (TPSA) is 24.1 Å². The van der Waals surface area contributed by atoms with Gasteiger partial charge in [0.1, 0.15) is 0 Å². The Bertz CT molecular complexity index is 430. The lowest BCUT2D eigenvalue weighted by atomic mass is 10.1. The second-order valence-corrected chi connectivity index (χ2v) is 6.03. The Labute approximate surface area is 123 Å². The highest BCUT2D eigenvalue weighted by atomic mass is 35.5. The van der Waals surface area contributed by atoms with Crippen molar-refractivity contribution in [2.24, 2.45) is 5.92 Å². The van der Waals surface area contributed by atoms with Crippen LogP contribution in [-0.4, -0.2) is 11.2 Å². The number of para-hydroxylation sites is 1. The number of hydrogen-bond acceptors (Lipinski definition) is 1. The van der Waals surface area contributed by atoms with E-state index in [1.165, 1.54) is 12.8 Å². The van der Waals surface area contributed by atoms with Crippen molar-refractivity contribution in [3.05, 3.63) is 28.2 Å². The van der Waals surface area contributed by atoms with Crippen LogP contribution in [0.3, 0.4) is 0 Å². The highest BCUT2D eigenvalue weighted by Crippen LogP contribution is 2.30. The van der Waals surface area contributed by atoms with E-state index in [4.69, 9.17) is 35.4 Å². The van der Waals surface area contributed by atoms with Gasteiger partial charge in [-0.25, -0.2) is 0 Å². The van der Waals surface area contributed by atoms with Crippen molar-refractivity contribution in [2.75, 3.05) is 5.32 Å². The zero-order valence-electron chi connectivity index (χ0n) is 10.2. The van der Waals surface area contributed by atoms with Gasteiger partial charge in [0, 0.05) is 6.04 Å². The molecule has 0 saturated heterocycles. The van der Waals surface area contributed by atoms with Gasteiger partial charge in [-0.05, 0) is 49.5 Å². The van der Waals surface area contributed by atoms with Crippen LogP contribution in [0.1, 0.15) is 26.2 Å². The minimum Gasteiger partial charge on any atom is -0.360 e. The number of thiocarbonyl (C=S) groups is 1. The normalized spacial score (nSPS) is 22.8. The highest BCUT2D eigenvalue weighted by molar-refractivity contribution is 7.80. The van der Waals surface area contributed by atoms with Crippen LogP contribution in [0.5, 0.6) is 0 Å². The third kappa shape index (κ3) is 3.50. The fourth-order valence-electron chi connectivity index (χ4n) is 2.29. The van der Waals surface area contributed by atoms with Gasteiger partial charge < -0.3 is 10.6 Å². The molecule has 0 amide bonds. The minimum atomic E-state index is 0.460. The van der Waals surface area contributed by atoms with E-state index < -0.39 is 0 Å². The monoisotopic (exact) mass is 302 g/mol. The zero-order chi connectivity index (χ0) is 13.1. The Morgan fingerprint density at radius 3 is 2.50 bits per heavy atom. The Kier molecular flexibility index (Phi) is 4.71. The first-order valence-corrected chi connectivity index (χ1v) is 7.24. The summed E-state index contributed by atoms with van der Waals surface area (Å²) in [5.41, 5.74) is 0.671. The Balaban J connectivity index is 1.95. The van der Waals surface area contributed by atoms with E-state index >= 15 is 0 Å². The van der Waals surface area contributed by atoms with E-state index in [1.807, 2.05) is 6.07 Å². The fraction of sp³-hybridized carbons (Fsp3) is 0.462. The molecule has 2 rings (SSSR count). The smallest absolute Gasteiger partial charge is 0.171 e. The molecule has 2 atom stereocenters. The molecule has 1 saturated carbocycles. The van der Waals surface area contributed by atoms with E-state index in [2.05, 4.69) is 17.6 Å². The van der Waals surface area contributed by atoms with Crippen LogP contribution in [0.4, 0.5) is 5.69 Å². The Morgan fingerprint density at radius 1 is 1.28 bits per heavy atom. The third-order valence-corrected chi connectivity index (χ3v) is 4.08. The maximum Gasteiger partial charge on any atom is 0.171 e. The Morgan fingerprint density at radius 2 is 1.94 bits per heavy atom. The summed E-state index contributed by atoms with van der Waals surface area (Å²) in [6.45, 7) is 2.27. The van der Waals surface area contributed by atoms with Gasteiger partial charge in [-0.2, -0.15) is 0 Å². The highest BCUT2D eigenvalue weighted by Gasteiger charge is 2.21. The van der Waals surface area contributed by atoms with Crippen molar-refractivity contribution < 1.29 is 0 Å². The van der Waals surface area contributed by atoms with Gasteiger partial charge in [0.15, 0.2) is 5.11 Å². The predicted molar refractivity (Wildman–Crippen MR) is 82.6 cm³/mol. The van der Waals surface area contributed by atoms with Gasteiger partial charge in [-0.1, -0.05) is 36.2 Å². The molecular formula is C13H16Cl2N2S. The van der Waals surface area contributed by atoms with Gasteiger partial charge in [0.2, 0.25) is 0 Å². The molecule has 0 heterocycles. The van der Waals surface area contributed by atoms with Gasteiger partial charge in [-0.3, -0.25) is 0 Å². The summed E-state index contributed by atoms with van der Waals surface area (Å²) in [6.07, 6.45) is 3.59. The van der Waals surface area contributed by atoms with Gasteiger partial charge >= 0.3 is 0 Å². The maximum atomic E-state index is 6.08. The van der Waals surface area contributed by atoms with Gasteiger partial charge in [0.05, 0.1) is 15.7 Å². The first-order chi connectivity index (χ1) is 8.56. The number of anilines is 1. The molecule has 1 aromatic carbocycles. The number of nitrogens with one attached hydrogen (secondary N) is 2. The molecule has 0 aliphatic heterocycles. The molecule has 0 aromatic heterocycles. The SMILES string of the molecule is CC1CCC(NC(=S)Nc2c(Cl)cccc2Cl)C1. The standard InChI is InChI=1S/C13H16Cl2N2S/c1-8-5-6-9(7-8)16-13(18)17-12-10(14)3-2-4-11(12)15/h2-4,8-9H,5-7H2,1H3,(H2,16,17,18). The molecule has 2 N–H and O–H groups in total. The largest absolute Gasteiger partial charge is 0.360 e. The van der Waals surface area contributed by atoms with Crippen LogP contribution in [-0.2, 0) is 0 Å². The molecule has 1 aromatic rings. The number of rotatable bonds is 2. The lowest BCUT2D eigenvalue weighted by Crippen LogP contribution is -2.36. The molecule has 5 heteroatoms. The summed E-state index contributed by atoms with van der Waals surface area (Å²) in [6, 6.07) is 5.85. The lowest BCUT2D eigenvalue weighted by Gasteiger charge is -2.17. The summed E-state index contributed by atoms with van der Waals surface area (Å²) in [5, 5.41) is 8.13. The van der Waals surface area contributed by atoms with Crippen LogP contribution in [0.15, 0.2) is 18.2 Å². The van der Waals surface area contributed by atoms with Crippen molar-refractivity contribution >= 4 is 46.2 Å². The first kappa shape index (κ1) is 13.9. The maximum absolute atomic E-state index is 6.08. The van der Waals surface area contributed by atoms with E-state index in [9.17, 15) is 0 Å². The second-order valence-electron chi connectivity index (χ2n) is 4.81. The average molecular weight is 303 g/mol. The molecule has 0 radical (unpaired) electrons. The molecule has 98 valence electrons. The van der Waals surface area contributed by atoms with Crippen LogP contribution in [0.2, 0.25) is 10.0 Å². The second kappa shape index (κ2) is 6.09. The quantitative estimate of drug-likeness (QED) is 0.788. The van der Waals surface area contributed by atoms with E-state index in [0.29, 0.717) is 26.9 Å². The van der Waals surface area contributed by atoms with E-state index in [0.717, 1.165) is 12.3 Å². The molecule has 1 aliphatic rings. The van der Waals surface area contributed by atoms with Crippen molar-refractivity contribution in [1.82, 2.24) is 5.32 Å². The zero-order valence-corrected chi connectivity index (χ0v) is 12.5. The summed E-state index contributed by atoms with van der Waals surface area (Å²) in [4.78, 5) is 0.